The van der Waals surface area contributed by atoms with E-state index in [9.17, 15) is 0 Å². The number of aromatic nitrogens is 2. The number of aryl methyl sites for hydroxylation is 1. The molecule has 0 saturated carbocycles. The first-order chi connectivity index (χ1) is 13.7. The number of anilines is 1. The number of benzene rings is 1. The standard InChI is InChI=1S/C22H32N6.ClH/c1-3-18-4-6-20(7-5-18)21-16-23-8-9-28(21)17-19-14-24-22(25-15-19)27-12-10-26(2)11-13-27;/h4-7,14-15,21,23H,3,8-13,16-17H2,1-2H3;1H. The van der Waals surface area contributed by atoms with Crippen LogP contribution in [0.15, 0.2) is 36.7 Å². The van der Waals surface area contributed by atoms with Crippen molar-refractivity contribution in [2.75, 3.05) is 57.8 Å². The summed E-state index contributed by atoms with van der Waals surface area (Å²) in [4.78, 5) is 16.5. The van der Waals surface area contributed by atoms with Crippen LogP contribution >= 0.6 is 12.4 Å². The van der Waals surface area contributed by atoms with E-state index in [-0.39, 0.29) is 12.4 Å². The molecule has 3 heterocycles. The predicted molar refractivity (Wildman–Crippen MR) is 121 cm³/mol. The minimum absolute atomic E-state index is 0. The van der Waals surface area contributed by atoms with Gasteiger partial charge in [-0.25, -0.2) is 9.97 Å². The Bertz CT molecular complexity index is 743. The summed E-state index contributed by atoms with van der Waals surface area (Å²) in [6.07, 6.45) is 5.11. The zero-order chi connectivity index (χ0) is 19.3. The van der Waals surface area contributed by atoms with Gasteiger partial charge >= 0.3 is 0 Å². The number of nitrogens with zero attached hydrogens (tertiary/aromatic N) is 5. The van der Waals surface area contributed by atoms with Crippen LogP contribution in [0, 0.1) is 0 Å². The molecule has 6 nitrogen and oxygen atoms in total. The number of nitrogens with one attached hydrogen (secondary N) is 1. The van der Waals surface area contributed by atoms with Crippen molar-refractivity contribution in [2.45, 2.75) is 25.9 Å². The van der Waals surface area contributed by atoms with E-state index >= 15 is 0 Å². The quantitative estimate of drug-likeness (QED) is 0.807. The van der Waals surface area contributed by atoms with E-state index < -0.39 is 0 Å². The number of rotatable bonds is 5. The summed E-state index contributed by atoms with van der Waals surface area (Å²) < 4.78 is 0. The highest BCUT2D eigenvalue weighted by atomic mass is 35.5. The molecule has 2 fully saturated rings. The molecule has 1 aromatic heterocycles. The largest absolute Gasteiger partial charge is 0.338 e. The van der Waals surface area contributed by atoms with E-state index in [1.54, 1.807) is 0 Å². The van der Waals surface area contributed by atoms with Gasteiger partial charge in [-0.1, -0.05) is 31.2 Å². The molecule has 158 valence electrons. The molecule has 0 bridgehead atoms. The normalized spacial score (nSPS) is 21.0. The highest BCUT2D eigenvalue weighted by Gasteiger charge is 2.24. The Hall–Kier alpha value is -1.73. The highest BCUT2D eigenvalue weighted by molar-refractivity contribution is 5.85. The van der Waals surface area contributed by atoms with Crippen molar-refractivity contribution >= 4 is 18.4 Å². The molecule has 1 atom stereocenters. The molecule has 0 aliphatic carbocycles. The summed E-state index contributed by atoms with van der Waals surface area (Å²) >= 11 is 0. The molecule has 4 rings (SSSR count). The summed E-state index contributed by atoms with van der Waals surface area (Å²) in [7, 11) is 2.17. The molecule has 0 radical (unpaired) electrons. The van der Waals surface area contributed by atoms with Gasteiger partial charge in [-0.05, 0) is 24.6 Å². The van der Waals surface area contributed by atoms with E-state index in [1.165, 1.54) is 16.7 Å². The lowest BCUT2D eigenvalue weighted by molar-refractivity contribution is 0.153. The summed E-state index contributed by atoms with van der Waals surface area (Å²) in [5.74, 6) is 0.865. The molecule has 2 saturated heterocycles. The lowest BCUT2D eigenvalue weighted by Gasteiger charge is -2.36. The van der Waals surface area contributed by atoms with Gasteiger partial charge in [0.1, 0.15) is 0 Å². The molecule has 1 aromatic carbocycles. The number of halogens is 1. The van der Waals surface area contributed by atoms with Crippen molar-refractivity contribution in [3.63, 3.8) is 0 Å². The Kier molecular flexibility index (Phi) is 7.84. The molecule has 2 aliphatic rings. The third-order valence-corrected chi connectivity index (χ3v) is 5.99. The van der Waals surface area contributed by atoms with Gasteiger partial charge in [-0.3, -0.25) is 4.90 Å². The Morgan fingerprint density at radius 2 is 1.66 bits per heavy atom. The molecular weight excluding hydrogens is 384 g/mol. The van der Waals surface area contributed by atoms with Gasteiger partial charge in [0.05, 0.1) is 0 Å². The molecule has 29 heavy (non-hydrogen) atoms. The van der Waals surface area contributed by atoms with E-state index in [0.29, 0.717) is 6.04 Å². The number of hydrogen-bond acceptors (Lipinski definition) is 6. The van der Waals surface area contributed by atoms with Gasteiger partial charge in [0.15, 0.2) is 0 Å². The maximum Gasteiger partial charge on any atom is 0.225 e. The lowest BCUT2D eigenvalue weighted by Crippen LogP contribution is -2.45. The molecule has 1 N–H and O–H groups in total. The van der Waals surface area contributed by atoms with Crippen LogP contribution in [0.3, 0.4) is 0 Å². The summed E-state index contributed by atoms with van der Waals surface area (Å²) in [6, 6.07) is 9.50. The van der Waals surface area contributed by atoms with Crippen molar-refractivity contribution in [2.24, 2.45) is 0 Å². The first kappa shape index (κ1) is 22.0. The summed E-state index contributed by atoms with van der Waals surface area (Å²) in [6.45, 7) is 10.3. The Balaban J connectivity index is 0.00000240. The van der Waals surface area contributed by atoms with Gasteiger partial charge in [0.25, 0.3) is 0 Å². The third kappa shape index (κ3) is 5.45. The fraction of sp³-hybridized carbons (Fsp3) is 0.545. The average molecular weight is 417 g/mol. The number of piperazine rings is 2. The van der Waals surface area contributed by atoms with Crippen LogP contribution < -0.4 is 10.2 Å². The predicted octanol–water partition coefficient (Wildman–Crippen LogP) is 2.36. The topological polar surface area (TPSA) is 47.5 Å². The second-order valence-corrected chi connectivity index (χ2v) is 7.97. The van der Waals surface area contributed by atoms with Gasteiger partial charge in [-0.2, -0.15) is 0 Å². The Labute approximate surface area is 180 Å². The molecular formula is C22H33ClN6. The Morgan fingerprint density at radius 3 is 2.31 bits per heavy atom. The Morgan fingerprint density at radius 1 is 0.966 bits per heavy atom. The maximum atomic E-state index is 4.67. The fourth-order valence-corrected chi connectivity index (χ4v) is 4.07. The SMILES string of the molecule is CCc1ccc(C2CNCCN2Cc2cnc(N3CCN(C)CC3)nc2)cc1.Cl. The summed E-state index contributed by atoms with van der Waals surface area (Å²) in [5.41, 5.74) is 3.97. The molecule has 7 heteroatoms. The minimum Gasteiger partial charge on any atom is -0.338 e. The smallest absolute Gasteiger partial charge is 0.225 e. The molecule has 0 amide bonds. The molecule has 2 aromatic rings. The highest BCUT2D eigenvalue weighted by Crippen LogP contribution is 2.24. The second-order valence-electron chi connectivity index (χ2n) is 7.97. The van der Waals surface area contributed by atoms with Gasteiger partial charge in [0, 0.05) is 76.4 Å². The third-order valence-electron chi connectivity index (χ3n) is 5.99. The monoisotopic (exact) mass is 416 g/mol. The van der Waals surface area contributed by atoms with Crippen molar-refractivity contribution in [3.05, 3.63) is 53.3 Å². The van der Waals surface area contributed by atoms with Crippen LogP contribution in [0.4, 0.5) is 5.95 Å². The van der Waals surface area contributed by atoms with Gasteiger partial charge in [-0.15, -0.1) is 12.4 Å². The van der Waals surface area contributed by atoms with Crippen LogP contribution in [0.25, 0.3) is 0 Å². The van der Waals surface area contributed by atoms with E-state index in [4.69, 9.17) is 0 Å². The molecule has 0 spiro atoms. The number of likely N-dealkylation sites (N-methyl/N-ethyl adjacent to an activating group) is 1. The lowest BCUT2D eigenvalue weighted by atomic mass is 10.0. The van der Waals surface area contributed by atoms with E-state index in [2.05, 4.69) is 68.2 Å². The van der Waals surface area contributed by atoms with Gasteiger partial charge < -0.3 is 15.1 Å². The first-order valence-corrected chi connectivity index (χ1v) is 10.5. The zero-order valence-corrected chi connectivity index (χ0v) is 18.4. The molecule has 2 aliphatic heterocycles. The zero-order valence-electron chi connectivity index (χ0n) is 17.5. The second kappa shape index (κ2) is 10.3. The van der Waals surface area contributed by atoms with Crippen molar-refractivity contribution in [3.8, 4) is 0 Å². The van der Waals surface area contributed by atoms with Crippen molar-refractivity contribution in [1.29, 1.82) is 0 Å². The molecule has 1 unspecified atom stereocenters. The first-order valence-electron chi connectivity index (χ1n) is 10.5. The minimum atomic E-state index is 0. The number of hydrogen-bond donors (Lipinski definition) is 1. The van der Waals surface area contributed by atoms with Crippen LogP contribution in [-0.4, -0.2) is 72.6 Å². The van der Waals surface area contributed by atoms with Crippen molar-refractivity contribution in [1.82, 2.24) is 25.1 Å². The van der Waals surface area contributed by atoms with Crippen molar-refractivity contribution < 1.29 is 0 Å². The van der Waals surface area contributed by atoms with Crippen LogP contribution in [0.1, 0.15) is 29.7 Å². The maximum absolute atomic E-state index is 4.67. The van der Waals surface area contributed by atoms with E-state index in [1.807, 2.05) is 12.4 Å². The summed E-state index contributed by atoms with van der Waals surface area (Å²) in [5, 5.41) is 3.55. The van der Waals surface area contributed by atoms with E-state index in [0.717, 1.165) is 64.7 Å². The van der Waals surface area contributed by atoms with Crippen LogP contribution in [-0.2, 0) is 13.0 Å². The van der Waals surface area contributed by atoms with Gasteiger partial charge in [0.2, 0.25) is 5.95 Å². The average Bonchev–Trinajstić information content (AvgIpc) is 2.75. The fourth-order valence-electron chi connectivity index (χ4n) is 4.07. The van der Waals surface area contributed by atoms with Crippen LogP contribution in [0.2, 0.25) is 0 Å². The van der Waals surface area contributed by atoms with Crippen LogP contribution in [0.5, 0.6) is 0 Å².